The maximum atomic E-state index is 12.5. The van der Waals surface area contributed by atoms with Crippen molar-refractivity contribution in [2.24, 2.45) is 0 Å². The zero-order valence-corrected chi connectivity index (χ0v) is 11.4. The van der Waals surface area contributed by atoms with E-state index >= 15 is 0 Å². The Kier molecular flexibility index (Phi) is 4.48. The Labute approximate surface area is 119 Å². The van der Waals surface area contributed by atoms with Gasteiger partial charge in [-0.25, -0.2) is 4.98 Å². The van der Waals surface area contributed by atoms with Gasteiger partial charge in [0.15, 0.2) is 0 Å². The Morgan fingerprint density at radius 3 is 2.86 bits per heavy atom. The molecule has 1 amide bonds. The monoisotopic (exact) mass is 304 g/mol. The summed E-state index contributed by atoms with van der Waals surface area (Å²) in [6.45, 7) is 1.01. The lowest BCUT2D eigenvalue weighted by Crippen LogP contribution is -2.45. The fourth-order valence-corrected chi connectivity index (χ4v) is 2.01. The number of amides is 1. The molecule has 1 aromatic heterocycles. The highest BCUT2D eigenvalue weighted by Gasteiger charge is 2.36. The van der Waals surface area contributed by atoms with Gasteiger partial charge in [0, 0.05) is 26.7 Å². The van der Waals surface area contributed by atoms with Crippen molar-refractivity contribution in [3.8, 4) is 0 Å². The summed E-state index contributed by atoms with van der Waals surface area (Å²) in [5, 5.41) is 2.54. The van der Waals surface area contributed by atoms with Crippen molar-refractivity contribution in [2.45, 2.75) is 18.2 Å². The summed E-state index contributed by atoms with van der Waals surface area (Å²) >= 11 is 0. The van der Waals surface area contributed by atoms with Gasteiger partial charge < -0.3 is 14.8 Å². The van der Waals surface area contributed by atoms with Crippen LogP contribution in [0.2, 0.25) is 0 Å². The van der Waals surface area contributed by atoms with Crippen LogP contribution in [0.5, 0.6) is 0 Å². The van der Waals surface area contributed by atoms with Gasteiger partial charge in [-0.3, -0.25) is 4.79 Å². The van der Waals surface area contributed by atoms with E-state index in [0.29, 0.717) is 19.6 Å². The molecule has 0 aliphatic carbocycles. The highest BCUT2D eigenvalue weighted by molar-refractivity contribution is 5.92. The average molecular weight is 304 g/mol. The van der Waals surface area contributed by atoms with Crippen molar-refractivity contribution >= 4 is 5.91 Å². The molecule has 0 saturated carbocycles. The van der Waals surface area contributed by atoms with E-state index in [4.69, 9.17) is 9.47 Å². The maximum absolute atomic E-state index is 12.5. The molecule has 1 atom stereocenters. The third kappa shape index (κ3) is 3.70. The summed E-state index contributed by atoms with van der Waals surface area (Å²) in [5.41, 5.74) is -2.01. The smallest absolute Gasteiger partial charge is 0.378 e. The number of carbonyl (C=O) groups is 1. The minimum atomic E-state index is -4.58. The molecular weight excluding hydrogens is 289 g/mol. The molecule has 1 aromatic rings. The van der Waals surface area contributed by atoms with Gasteiger partial charge in [0.2, 0.25) is 0 Å². The standard InChI is InChI=1S/C13H15F3N2O3/c1-20-12(5-6-21-8-12)7-17-11(19)9-3-2-4-10(18-9)13(14,15)16/h2-4H,5-8H2,1H3,(H,17,19). The molecule has 0 bridgehead atoms. The molecule has 0 aromatic carbocycles. The number of halogens is 3. The summed E-state index contributed by atoms with van der Waals surface area (Å²) in [7, 11) is 1.50. The zero-order valence-electron chi connectivity index (χ0n) is 11.4. The van der Waals surface area contributed by atoms with Crippen molar-refractivity contribution in [3.05, 3.63) is 29.6 Å². The van der Waals surface area contributed by atoms with Gasteiger partial charge in [-0.05, 0) is 12.1 Å². The van der Waals surface area contributed by atoms with Crippen LogP contribution in [0, 0.1) is 0 Å². The Morgan fingerprint density at radius 1 is 1.52 bits per heavy atom. The van der Waals surface area contributed by atoms with Crippen molar-refractivity contribution in [3.63, 3.8) is 0 Å². The van der Waals surface area contributed by atoms with E-state index < -0.39 is 23.4 Å². The quantitative estimate of drug-likeness (QED) is 0.918. The predicted molar refractivity (Wildman–Crippen MR) is 66.7 cm³/mol. The average Bonchev–Trinajstić information content (AvgIpc) is 2.93. The van der Waals surface area contributed by atoms with Gasteiger partial charge in [0.05, 0.1) is 6.61 Å². The topological polar surface area (TPSA) is 60.5 Å². The van der Waals surface area contributed by atoms with Gasteiger partial charge in [-0.2, -0.15) is 13.2 Å². The van der Waals surface area contributed by atoms with Gasteiger partial charge in [0.25, 0.3) is 5.91 Å². The number of methoxy groups -OCH3 is 1. The molecular formula is C13H15F3N2O3. The molecule has 116 valence electrons. The Hall–Kier alpha value is -1.67. The zero-order chi connectivity index (χ0) is 15.5. The highest BCUT2D eigenvalue weighted by atomic mass is 19.4. The first-order valence-corrected chi connectivity index (χ1v) is 6.32. The lowest BCUT2D eigenvalue weighted by Gasteiger charge is -2.25. The van der Waals surface area contributed by atoms with Crippen LogP contribution >= 0.6 is 0 Å². The third-order valence-corrected chi connectivity index (χ3v) is 3.34. The molecule has 1 unspecified atom stereocenters. The second-order valence-electron chi connectivity index (χ2n) is 4.78. The molecule has 1 saturated heterocycles. The lowest BCUT2D eigenvalue weighted by molar-refractivity contribution is -0.141. The Bertz CT molecular complexity index is 514. The molecule has 5 nitrogen and oxygen atoms in total. The molecule has 2 rings (SSSR count). The summed E-state index contributed by atoms with van der Waals surface area (Å²) < 4.78 is 48.2. The van der Waals surface area contributed by atoms with Crippen LogP contribution in [0.15, 0.2) is 18.2 Å². The summed E-state index contributed by atoms with van der Waals surface area (Å²) in [6, 6.07) is 3.20. The van der Waals surface area contributed by atoms with E-state index in [-0.39, 0.29) is 12.2 Å². The van der Waals surface area contributed by atoms with Crippen LogP contribution < -0.4 is 5.32 Å². The van der Waals surface area contributed by atoms with Crippen LogP contribution in [-0.4, -0.2) is 43.4 Å². The fourth-order valence-electron chi connectivity index (χ4n) is 2.01. The number of nitrogens with zero attached hydrogens (tertiary/aromatic N) is 1. The first-order valence-electron chi connectivity index (χ1n) is 6.32. The first-order chi connectivity index (χ1) is 9.86. The van der Waals surface area contributed by atoms with E-state index in [1.54, 1.807) is 0 Å². The minimum absolute atomic E-state index is 0.153. The van der Waals surface area contributed by atoms with E-state index in [0.717, 1.165) is 12.1 Å². The number of aromatic nitrogens is 1. The predicted octanol–water partition coefficient (Wildman–Crippen LogP) is 1.64. The fraction of sp³-hybridized carbons (Fsp3) is 0.538. The van der Waals surface area contributed by atoms with Crippen LogP contribution in [-0.2, 0) is 15.7 Å². The van der Waals surface area contributed by atoms with E-state index in [2.05, 4.69) is 10.3 Å². The Morgan fingerprint density at radius 2 is 2.29 bits per heavy atom. The lowest BCUT2D eigenvalue weighted by atomic mass is 10.0. The van der Waals surface area contributed by atoms with E-state index in [1.807, 2.05) is 0 Å². The Balaban J connectivity index is 2.04. The molecule has 0 spiro atoms. The van der Waals surface area contributed by atoms with E-state index in [9.17, 15) is 18.0 Å². The number of pyridine rings is 1. The van der Waals surface area contributed by atoms with Crippen LogP contribution in [0.4, 0.5) is 13.2 Å². The van der Waals surface area contributed by atoms with Crippen LogP contribution in [0.1, 0.15) is 22.6 Å². The third-order valence-electron chi connectivity index (χ3n) is 3.34. The normalized spacial score (nSPS) is 22.3. The molecule has 0 radical (unpaired) electrons. The molecule has 1 aliphatic heterocycles. The van der Waals surface area contributed by atoms with Gasteiger partial charge in [-0.1, -0.05) is 6.07 Å². The minimum Gasteiger partial charge on any atom is -0.378 e. The SMILES string of the molecule is COC1(CNC(=O)c2cccc(C(F)(F)F)n2)CCOC1. The van der Waals surface area contributed by atoms with Crippen molar-refractivity contribution in [1.82, 2.24) is 10.3 Å². The second-order valence-corrected chi connectivity index (χ2v) is 4.78. The summed E-state index contributed by atoms with van der Waals surface area (Å²) in [6.07, 6.45) is -3.97. The van der Waals surface area contributed by atoms with Crippen LogP contribution in [0.3, 0.4) is 0 Å². The summed E-state index contributed by atoms with van der Waals surface area (Å²) in [4.78, 5) is 15.2. The van der Waals surface area contributed by atoms with Gasteiger partial charge in [0.1, 0.15) is 17.0 Å². The molecule has 2 heterocycles. The van der Waals surface area contributed by atoms with Crippen molar-refractivity contribution in [1.29, 1.82) is 0 Å². The summed E-state index contributed by atoms with van der Waals surface area (Å²) in [5.74, 6) is -0.676. The number of hydrogen-bond donors (Lipinski definition) is 1. The largest absolute Gasteiger partial charge is 0.433 e. The van der Waals surface area contributed by atoms with Crippen LogP contribution in [0.25, 0.3) is 0 Å². The number of ether oxygens (including phenoxy) is 2. The molecule has 1 N–H and O–H groups in total. The highest BCUT2D eigenvalue weighted by Crippen LogP contribution is 2.27. The van der Waals surface area contributed by atoms with E-state index in [1.165, 1.54) is 13.2 Å². The molecule has 8 heteroatoms. The first kappa shape index (κ1) is 15.7. The molecule has 1 fully saturated rings. The number of rotatable bonds is 4. The number of carbonyl (C=O) groups excluding carboxylic acids is 1. The van der Waals surface area contributed by atoms with Gasteiger partial charge in [-0.15, -0.1) is 0 Å². The van der Waals surface area contributed by atoms with Crippen molar-refractivity contribution < 1.29 is 27.4 Å². The molecule has 1 aliphatic rings. The maximum Gasteiger partial charge on any atom is 0.433 e. The number of hydrogen-bond acceptors (Lipinski definition) is 4. The van der Waals surface area contributed by atoms with Crippen molar-refractivity contribution in [2.75, 3.05) is 26.9 Å². The number of nitrogens with one attached hydrogen (secondary N) is 1. The molecule has 21 heavy (non-hydrogen) atoms. The second kappa shape index (κ2) is 5.98. The van der Waals surface area contributed by atoms with Gasteiger partial charge >= 0.3 is 6.18 Å². The number of alkyl halides is 3.